The SMILES string of the molecule is COC(=O)c1c(-c2ccc(O)c(CN(C)C)c2)nn(-c2ccccc2)c1C(=O)OC. The van der Waals surface area contributed by atoms with Gasteiger partial charge in [-0.1, -0.05) is 18.2 Å². The Morgan fingerprint density at radius 2 is 1.70 bits per heavy atom. The Morgan fingerprint density at radius 3 is 2.30 bits per heavy atom. The number of carbonyl (C=O) groups is 2. The summed E-state index contributed by atoms with van der Waals surface area (Å²) in [4.78, 5) is 27.2. The van der Waals surface area contributed by atoms with E-state index < -0.39 is 11.9 Å². The van der Waals surface area contributed by atoms with E-state index in [0.717, 1.165) is 0 Å². The van der Waals surface area contributed by atoms with Gasteiger partial charge in [0.1, 0.15) is 17.0 Å². The predicted molar refractivity (Wildman–Crippen MR) is 111 cm³/mol. The van der Waals surface area contributed by atoms with Crippen molar-refractivity contribution in [1.29, 1.82) is 0 Å². The minimum Gasteiger partial charge on any atom is -0.508 e. The first-order chi connectivity index (χ1) is 14.4. The number of phenolic OH excluding ortho intramolecular Hbond substituents is 1. The van der Waals surface area contributed by atoms with E-state index in [9.17, 15) is 14.7 Å². The number of carbonyl (C=O) groups excluding carboxylic acids is 2. The Bertz CT molecular complexity index is 1070. The third kappa shape index (κ3) is 4.04. The van der Waals surface area contributed by atoms with Gasteiger partial charge >= 0.3 is 11.9 Å². The Hall–Kier alpha value is -3.65. The van der Waals surface area contributed by atoms with Gasteiger partial charge in [-0.05, 0) is 44.4 Å². The van der Waals surface area contributed by atoms with E-state index in [4.69, 9.17) is 9.47 Å². The van der Waals surface area contributed by atoms with E-state index in [1.54, 1.807) is 36.4 Å². The fraction of sp³-hybridized carbons (Fsp3) is 0.227. The van der Waals surface area contributed by atoms with Crippen molar-refractivity contribution in [3.63, 3.8) is 0 Å². The molecular formula is C22H23N3O5. The Labute approximate surface area is 174 Å². The minimum atomic E-state index is -0.717. The molecule has 2 aromatic carbocycles. The number of methoxy groups -OCH3 is 2. The fourth-order valence-corrected chi connectivity index (χ4v) is 3.16. The average Bonchev–Trinajstić information content (AvgIpc) is 3.15. The highest BCUT2D eigenvalue weighted by Gasteiger charge is 2.31. The van der Waals surface area contributed by atoms with E-state index in [0.29, 0.717) is 23.4 Å². The Balaban J connectivity index is 2.31. The molecule has 0 aliphatic carbocycles. The number of hydrogen-bond acceptors (Lipinski definition) is 7. The number of ether oxygens (including phenoxy) is 2. The molecule has 0 aliphatic heterocycles. The molecule has 0 spiro atoms. The van der Waals surface area contributed by atoms with Gasteiger partial charge in [0.05, 0.1) is 19.9 Å². The van der Waals surface area contributed by atoms with Gasteiger partial charge < -0.3 is 19.5 Å². The van der Waals surface area contributed by atoms with E-state index in [-0.39, 0.29) is 22.7 Å². The molecule has 156 valence electrons. The van der Waals surface area contributed by atoms with E-state index in [1.165, 1.54) is 25.0 Å². The summed E-state index contributed by atoms with van der Waals surface area (Å²) in [5, 5.41) is 14.8. The number of benzene rings is 2. The van der Waals surface area contributed by atoms with Gasteiger partial charge in [-0.15, -0.1) is 0 Å². The zero-order valence-electron chi connectivity index (χ0n) is 17.2. The largest absolute Gasteiger partial charge is 0.508 e. The van der Waals surface area contributed by atoms with Crippen LogP contribution in [0.15, 0.2) is 48.5 Å². The minimum absolute atomic E-state index is 0.00491. The molecule has 0 amide bonds. The summed E-state index contributed by atoms with van der Waals surface area (Å²) in [6.45, 7) is 0.483. The van der Waals surface area contributed by atoms with Crippen LogP contribution in [0, 0.1) is 0 Å². The van der Waals surface area contributed by atoms with Crippen LogP contribution in [0.25, 0.3) is 16.9 Å². The summed E-state index contributed by atoms with van der Waals surface area (Å²) < 4.78 is 11.2. The summed E-state index contributed by atoms with van der Waals surface area (Å²) in [7, 11) is 6.24. The van der Waals surface area contributed by atoms with Crippen LogP contribution in [0.2, 0.25) is 0 Å². The fourth-order valence-electron chi connectivity index (χ4n) is 3.16. The zero-order chi connectivity index (χ0) is 21.8. The van der Waals surface area contributed by atoms with Crippen molar-refractivity contribution in [2.24, 2.45) is 0 Å². The third-order valence-electron chi connectivity index (χ3n) is 4.49. The average molecular weight is 409 g/mol. The maximum absolute atomic E-state index is 12.7. The van der Waals surface area contributed by atoms with Crippen LogP contribution in [-0.4, -0.2) is 60.0 Å². The number of para-hydroxylation sites is 1. The summed E-state index contributed by atoms with van der Waals surface area (Å²) >= 11 is 0. The van der Waals surface area contributed by atoms with Gasteiger partial charge in [-0.25, -0.2) is 14.3 Å². The first-order valence-corrected chi connectivity index (χ1v) is 9.19. The molecule has 1 N–H and O–H groups in total. The maximum atomic E-state index is 12.7. The lowest BCUT2D eigenvalue weighted by Crippen LogP contribution is -2.15. The molecule has 0 fully saturated rings. The molecule has 3 aromatic rings. The van der Waals surface area contributed by atoms with Crippen LogP contribution >= 0.6 is 0 Å². The zero-order valence-corrected chi connectivity index (χ0v) is 17.2. The molecular weight excluding hydrogens is 386 g/mol. The summed E-state index contributed by atoms with van der Waals surface area (Å²) in [6, 6.07) is 13.9. The molecule has 0 bridgehead atoms. The summed E-state index contributed by atoms with van der Waals surface area (Å²) in [5.41, 5.74) is 2.02. The van der Waals surface area contributed by atoms with Crippen molar-refractivity contribution >= 4 is 11.9 Å². The molecule has 3 rings (SSSR count). The van der Waals surface area contributed by atoms with Crippen molar-refractivity contribution in [3.05, 3.63) is 65.4 Å². The topological polar surface area (TPSA) is 93.9 Å². The van der Waals surface area contributed by atoms with Crippen LogP contribution in [0.1, 0.15) is 26.4 Å². The predicted octanol–water partition coefficient (Wildman–Crippen LogP) is 2.88. The van der Waals surface area contributed by atoms with Crippen molar-refractivity contribution in [2.75, 3.05) is 28.3 Å². The lowest BCUT2D eigenvalue weighted by Gasteiger charge is -2.12. The van der Waals surface area contributed by atoms with Crippen molar-refractivity contribution in [3.8, 4) is 22.7 Å². The van der Waals surface area contributed by atoms with Gasteiger partial charge in [-0.3, -0.25) is 0 Å². The molecule has 8 heteroatoms. The quantitative estimate of drug-likeness (QED) is 0.626. The van der Waals surface area contributed by atoms with Gasteiger partial charge in [-0.2, -0.15) is 5.10 Å². The highest BCUT2D eigenvalue weighted by Crippen LogP contribution is 2.32. The lowest BCUT2D eigenvalue weighted by molar-refractivity contribution is 0.0549. The first-order valence-electron chi connectivity index (χ1n) is 9.19. The molecule has 0 aliphatic rings. The van der Waals surface area contributed by atoms with E-state index in [1.807, 2.05) is 25.1 Å². The molecule has 0 saturated heterocycles. The molecule has 0 unspecified atom stereocenters. The molecule has 8 nitrogen and oxygen atoms in total. The van der Waals surface area contributed by atoms with Crippen LogP contribution < -0.4 is 0 Å². The van der Waals surface area contributed by atoms with Crippen LogP contribution in [0.4, 0.5) is 0 Å². The Kier molecular flexibility index (Phi) is 6.17. The van der Waals surface area contributed by atoms with Gasteiger partial charge in [0, 0.05) is 17.7 Å². The molecule has 1 aromatic heterocycles. The number of esters is 2. The second-order valence-electron chi connectivity index (χ2n) is 6.88. The highest BCUT2D eigenvalue weighted by atomic mass is 16.5. The van der Waals surface area contributed by atoms with Gasteiger partial charge in [0.15, 0.2) is 5.69 Å². The molecule has 0 radical (unpaired) electrons. The van der Waals surface area contributed by atoms with Crippen LogP contribution in [-0.2, 0) is 16.0 Å². The lowest BCUT2D eigenvalue weighted by atomic mass is 10.0. The van der Waals surface area contributed by atoms with Crippen molar-refractivity contribution < 1.29 is 24.2 Å². The van der Waals surface area contributed by atoms with Crippen LogP contribution in [0.5, 0.6) is 5.75 Å². The number of nitrogens with zero attached hydrogens (tertiary/aromatic N) is 3. The number of rotatable bonds is 6. The standard InChI is InChI=1S/C22H23N3O5/c1-24(2)13-15-12-14(10-11-17(15)26)19-18(21(27)29-3)20(22(28)30-4)25(23-19)16-8-6-5-7-9-16/h5-12,26H,13H2,1-4H3. The van der Waals surface area contributed by atoms with E-state index >= 15 is 0 Å². The van der Waals surface area contributed by atoms with E-state index in [2.05, 4.69) is 5.10 Å². The summed E-state index contributed by atoms with van der Waals surface area (Å²) in [6.07, 6.45) is 0. The van der Waals surface area contributed by atoms with Gasteiger partial charge in [0.2, 0.25) is 0 Å². The number of hydrogen-bond donors (Lipinski definition) is 1. The maximum Gasteiger partial charge on any atom is 0.357 e. The smallest absolute Gasteiger partial charge is 0.357 e. The normalized spacial score (nSPS) is 10.8. The Morgan fingerprint density at radius 1 is 1.03 bits per heavy atom. The van der Waals surface area contributed by atoms with Crippen molar-refractivity contribution in [2.45, 2.75) is 6.54 Å². The number of phenols is 1. The molecule has 0 atom stereocenters. The van der Waals surface area contributed by atoms with Gasteiger partial charge in [0.25, 0.3) is 0 Å². The highest BCUT2D eigenvalue weighted by molar-refractivity contribution is 6.06. The second kappa shape index (κ2) is 8.79. The van der Waals surface area contributed by atoms with Crippen molar-refractivity contribution in [1.82, 2.24) is 14.7 Å². The number of aromatic hydroxyl groups is 1. The summed E-state index contributed by atoms with van der Waals surface area (Å²) in [5.74, 6) is -1.30. The molecule has 1 heterocycles. The monoisotopic (exact) mass is 409 g/mol. The first kappa shape index (κ1) is 21.1. The second-order valence-corrected chi connectivity index (χ2v) is 6.88. The van der Waals surface area contributed by atoms with Crippen LogP contribution in [0.3, 0.4) is 0 Å². The molecule has 0 saturated carbocycles. The third-order valence-corrected chi connectivity index (χ3v) is 4.49. The number of aromatic nitrogens is 2. The molecule has 30 heavy (non-hydrogen) atoms.